The lowest BCUT2D eigenvalue weighted by Gasteiger charge is -2.09. The van der Waals surface area contributed by atoms with E-state index in [1.54, 1.807) is 7.11 Å². The van der Waals surface area contributed by atoms with Gasteiger partial charge in [-0.05, 0) is 24.1 Å². The van der Waals surface area contributed by atoms with Crippen LogP contribution in [0.15, 0.2) is 24.3 Å². The van der Waals surface area contributed by atoms with Gasteiger partial charge in [0.2, 0.25) is 0 Å². The largest absolute Gasteiger partial charge is 0.573 e. The highest BCUT2D eigenvalue weighted by Gasteiger charge is 2.30. The molecular formula is C13H15F3O3. The fraction of sp³-hybridized carbons (Fsp3) is 0.462. The van der Waals surface area contributed by atoms with Crippen molar-refractivity contribution in [3.8, 4) is 5.75 Å². The molecule has 19 heavy (non-hydrogen) atoms. The topological polar surface area (TPSA) is 35.5 Å². The van der Waals surface area contributed by atoms with Gasteiger partial charge in [0.05, 0.1) is 0 Å². The van der Waals surface area contributed by atoms with Crippen LogP contribution in [0, 0.1) is 0 Å². The van der Waals surface area contributed by atoms with Gasteiger partial charge < -0.3 is 9.47 Å². The van der Waals surface area contributed by atoms with Gasteiger partial charge in [0.25, 0.3) is 0 Å². The highest BCUT2D eigenvalue weighted by atomic mass is 19.4. The highest BCUT2D eigenvalue weighted by molar-refractivity contribution is 5.80. The standard InChI is InChI=1S/C13H15F3O3/c1-18-8-2-3-11(17)9-10-4-6-12(7-5-10)19-13(14,15)16/h4-7H,2-3,8-9H2,1H3. The number of carbonyl (C=O) groups excluding carboxylic acids is 1. The van der Waals surface area contributed by atoms with Gasteiger partial charge >= 0.3 is 6.36 Å². The van der Waals surface area contributed by atoms with E-state index in [9.17, 15) is 18.0 Å². The Morgan fingerprint density at radius 2 is 1.84 bits per heavy atom. The number of halogens is 3. The Bertz CT molecular complexity index is 399. The van der Waals surface area contributed by atoms with E-state index in [2.05, 4.69) is 4.74 Å². The Kier molecular flexibility index (Phi) is 5.82. The molecule has 6 heteroatoms. The SMILES string of the molecule is COCCCC(=O)Cc1ccc(OC(F)(F)F)cc1. The number of ketones is 1. The van der Waals surface area contributed by atoms with Crippen LogP contribution in [0.1, 0.15) is 18.4 Å². The van der Waals surface area contributed by atoms with Gasteiger partial charge in [-0.2, -0.15) is 0 Å². The first-order chi connectivity index (χ1) is 8.90. The second kappa shape index (κ2) is 7.13. The van der Waals surface area contributed by atoms with Gasteiger partial charge in [-0.1, -0.05) is 12.1 Å². The summed E-state index contributed by atoms with van der Waals surface area (Å²) in [5.41, 5.74) is 0.664. The van der Waals surface area contributed by atoms with Crippen LogP contribution in [0.5, 0.6) is 5.75 Å². The highest BCUT2D eigenvalue weighted by Crippen LogP contribution is 2.22. The molecule has 106 valence electrons. The lowest BCUT2D eigenvalue weighted by molar-refractivity contribution is -0.274. The molecule has 0 saturated carbocycles. The van der Waals surface area contributed by atoms with E-state index in [4.69, 9.17) is 4.74 Å². The van der Waals surface area contributed by atoms with E-state index in [0.29, 0.717) is 25.0 Å². The molecule has 0 atom stereocenters. The Morgan fingerprint density at radius 1 is 1.21 bits per heavy atom. The predicted molar refractivity (Wildman–Crippen MR) is 62.9 cm³/mol. The predicted octanol–water partition coefficient (Wildman–Crippen LogP) is 3.12. The van der Waals surface area contributed by atoms with Crippen LogP contribution in [0.2, 0.25) is 0 Å². The van der Waals surface area contributed by atoms with E-state index in [0.717, 1.165) is 0 Å². The van der Waals surface area contributed by atoms with Crippen LogP contribution in [-0.2, 0) is 16.0 Å². The van der Waals surface area contributed by atoms with Gasteiger partial charge in [0, 0.05) is 26.6 Å². The molecule has 0 aliphatic carbocycles. The van der Waals surface area contributed by atoms with Crippen LogP contribution in [0.3, 0.4) is 0 Å². The number of alkyl halides is 3. The van der Waals surface area contributed by atoms with Gasteiger partial charge in [-0.15, -0.1) is 13.2 Å². The number of Topliss-reactive ketones (excluding diaryl/α,β-unsaturated/α-hetero) is 1. The first-order valence-electron chi connectivity index (χ1n) is 5.76. The monoisotopic (exact) mass is 276 g/mol. The van der Waals surface area contributed by atoms with Crippen molar-refractivity contribution in [1.29, 1.82) is 0 Å². The lowest BCUT2D eigenvalue weighted by Crippen LogP contribution is -2.17. The number of carbonyl (C=O) groups is 1. The third kappa shape index (κ3) is 6.81. The summed E-state index contributed by atoms with van der Waals surface area (Å²) < 4.78 is 44.4. The molecule has 0 N–H and O–H groups in total. The summed E-state index contributed by atoms with van der Waals surface area (Å²) in [7, 11) is 1.56. The number of hydrogen-bond donors (Lipinski definition) is 0. The molecule has 1 rings (SSSR count). The number of ether oxygens (including phenoxy) is 2. The van der Waals surface area contributed by atoms with E-state index < -0.39 is 6.36 Å². The van der Waals surface area contributed by atoms with E-state index in [1.165, 1.54) is 24.3 Å². The van der Waals surface area contributed by atoms with Gasteiger partial charge in [-0.3, -0.25) is 4.79 Å². The third-order valence-electron chi connectivity index (χ3n) is 2.36. The molecule has 0 saturated heterocycles. The van der Waals surface area contributed by atoms with Gasteiger partial charge in [0.1, 0.15) is 11.5 Å². The van der Waals surface area contributed by atoms with Crippen molar-refractivity contribution in [2.75, 3.05) is 13.7 Å². The molecule has 0 aromatic heterocycles. The van der Waals surface area contributed by atoms with Crippen LogP contribution in [0.4, 0.5) is 13.2 Å². The molecule has 0 aliphatic heterocycles. The minimum absolute atomic E-state index is 0.0292. The summed E-state index contributed by atoms with van der Waals surface area (Å²) in [5.74, 6) is -0.260. The van der Waals surface area contributed by atoms with Crippen LogP contribution < -0.4 is 4.74 Å². The average Bonchev–Trinajstić information content (AvgIpc) is 2.30. The Morgan fingerprint density at radius 3 is 2.37 bits per heavy atom. The summed E-state index contributed by atoms with van der Waals surface area (Å²) in [6.45, 7) is 0.518. The van der Waals surface area contributed by atoms with Gasteiger partial charge in [0.15, 0.2) is 0 Å². The number of benzene rings is 1. The van der Waals surface area contributed by atoms with Gasteiger partial charge in [-0.25, -0.2) is 0 Å². The molecule has 1 aromatic rings. The van der Waals surface area contributed by atoms with Crippen molar-refractivity contribution in [3.63, 3.8) is 0 Å². The summed E-state index contributed by atoms with van der Waals surface area (Å²) in [5, 5.41) is 0. The Balaban J connectivity index is 2.46. The molecule has 0 aliphatic rings. The first kappa shape index (κ1) is 15.5. The molecule has 0 radical (unpaired) electrons. The molecule has 0 heterocycles. The maximum Gasteiger partial charge on any atom is 0.573 e. The third-order valence-corrected chi connectivity index (χ3v) is 2.36. The second-order valence-electron chi connectivity index (χ2n) is 4.00. The quantitative estimate of drug-likeness (QED) is 0.718. The lowest BCUT2D eigenvalue weighted by atomic mass is 10.1. The Labute approximate surface area is 109 Å². The maximum absolute atomic E-state index is 11.9. The van der Waals surface area contributed by atoms with E-state index in [1.807, 2.05) is 0 Å². The fourth-order valence-corrected chi connectivity index (χ4v) is 1.54. The fourth-order valence-electron chi connectivity index (χ4n) is 1.54. The van der Waals surface area contributed by atoms with Crippen molar-refractivity contribution < 1.29 is 27.4 Å². The van der Waals surface area contributed by atoms with Crippen LogP contribution >= 0.6 is 0 Å². The number of hydrogen-bond acceptors (Lipinski definition) is 3. The molecule has 0 spiro atoms. The molecule has 3 nitrogen and oxygen atoms in total. The molecule has 1 aromatic carbocycles. The normalized spacial score (nSPS) is 11.4. The molecule has 0 bridgehead atoms. The second-order valence-corrected chi connectivity index (χ2v) is 4.00. The average molecular weight is 276 g/mol. The van der Waals surface area contributed by atoms with Crippen LogP contribution in [0.25, 0.3) is 0 Å². The van der Waals surface area contributed by atoms with Crippen molar-refractivity contribution in [1.82, 2.24) is 0 Å². The zero-order valence-electron chi connectivity index (χ0n) is 10.5. The summed E-state index contributed by atoms with van der Waals surface area (Å²) in [6, 6.07) is 5.31. The number of rotatable bonds is 7. The molecule has 0 fully saturated rings. The minimum Gasteiger partial charge on any atom is -0.406 e. The van der Waals surface area contributed by atoms with E-state index >= 15 is 0 Å². The first-order valence-corrected chi connectivity index (χ1v) is 5.76. The molecule has 0 amide bonds. The summed E-state index contributed by atoms with van der Waals surface area (Å²) in [6.07, 6.45) is -3.45. The summed E-state index contributed by atoms with van der Waals surface area (Å²) >= 11 is 0. The zero-order chi connectivity index (χ0) is 14.3. The van der Waals surface area contributed by atoms with Crippen molar-refractivity contribution in [3.05, 3.63) is 29.8 Å². The zero-order valence-corrected chi connectivity index (χ0v) is 10.5. The number of methoxy groups -OCH3 is 1. The molecule has 0 unspecified atom stereocenters. The van der Waals surface area contributed by atoms with E-state index in [-0.39, 0.29) is 18.0 Å². The minimum atomic E-state index is -4.70. The maximum atomic E-state index is 11.9. The summed E-state index contributed by atoms with van der Waals surface area (Å²) in [4.78, 5) is 11.5. The van der Waals surface area contributed by atoms with Crippen molar-refractivity contribution in [2.24, 2.45) is 0 Å². The Hall–Kier alpha value is -1.56. The van der Waals surface area contributed by atoms with Crippen LogP contribution in [-0.4, -0.2) is 25.9 Å². The van der Waals surface area contributed by atoms with Crippen molar-refractivity contribution >= 4 is 5.78 Å². The molecular weight excluding hydrogens is 261 g/mol. The smallest absolute Gasteiger partial charge is 0.406 e. The van der Waals surface area contributed by atoms with Crippen molar-refractivity contribution in [2.45, 2.75) is 25.6 Å².